The molecule has 0 saturated carbocycles. The Bertz CT molecular complexity index is 823. The number of rotatable bonds is 5. The van der Waals surface area contributed by atoms with E-state index in [1.54, 1.807) is 18.0 Å². The van der Waals surface area contributed by atoms with Crippen LogP contribution in [0.4, 0.5) is 4.39 Å². The Hall–Kier alpha value is -2.40. The van der Waals surface area contributed by atoms with Crippen molar-refractivity contribution in [3.63, 3.8) is 0 Å². The van der Waals surface area contributed by atoms with Crippen molar-refractivity contribution in [3.8, 4) is 0 Å². The fourth-order valence-electron chi connectivity index (χ4n) is 3.49. The first kappa shape index (κ1) is 19.4. The summed E-state index contributed by atoms with van der Waals surface area (Å²) in [5.41, 5.74) is 1.32. The molecular formula is C21H22ClFN2O2. The lowest BCUT2D eigenvalue weighted by molar-refractivity contribution is -0.135. The molecule has 27 heavy (non-hydrogen) atoms. The summed E-state index contributed by atoms with van der Waals surface area (Å²) in [5, 5.41) is 0.288. The minimum Gasteiger partial charge on any atom is -0.341 e. The molecule has 0 N–H and O–H groups in total. The van der Waals surface area contributed by atoms with Gasteiger partial charge in [-0.3, -0.25) is 9.59 Å². The monoisotopic (exact) mass is 388 g/mol. The van der Waals surface area contributed by atoms with Gasteiger partial charge in [-0.2, -0.15) is 0 Å². The van der Waals surface area contributed by atoms with Gasteiger partial charge in [0.1, 0.15) is 5.82 Å². The number of carbonyl (C=O) groups excluding carboxylic acids is 2. The highest BCUT2D eigenvalue weighted by atomic mass is 35.5. The van der Waals surface area contributed by atoms with E-state index in [0.29, 0.717) is 6.54 Å². The van der Waals surface area contributed by atoms with Gasteiger partial charge in [0.2, 0.25) is 11.8 Å². The van der Waals surface area contributed by atoms with Crippen LogP contribution in [-0.2, 0) is 16.1 Å². The van der Waals surface area contributed by atoms with E-state index in [1.807, 2.05) is 37.3 Å². The summed E-state index contributed by atoms with van der Waals surface area (Å²) in [7, 11) is 1.61. The second-order valence-electron chi connectivity index (χ2n) is 6.93. The van der Waals surface area contributed by atoms with Gasteiger partial charge in [0, 0.05) is 37.1 Å². The van der Waals surface area contributed by atoms with Crippen LogP contribution < -0.4 is 0 Å². The van der Waals surface area contributed by atoms with Gasteiger partial charge >= 0.3 is 0 Å². The summed E-state index contributed by atoms with van der Waals surface area (Å²) in [4.78, 5) is 28.5. The van der Waals surface area contributed by atoms with Gasteiger partial charge in [0.25, 0.3) is 0 Å². The van der Waals surface area contributed by atoms with E-state index in [-0.39, 0.29) is 41.4 Å². The number of hydrogen-bond donors (Lipinski definition) is 0. The van der Waals surface area contributed by atoms with E-state index in [9.17, 15) is 14.0 Å². The molecule has 3 rings (SSSR count). The van der Waals surface area contributed by atoms with Crippen molar-refractivity contribution in [2.24, 2.45) is 5.92 Å². The molecule has 1 aliphatic rings. The topological polar surface area (TPSA) is 40.6 Å². The van der Waals surface area contributed by atoms with Crippen LogP contribution in [0.5, 0.6) is 0 Å². The van der Waals surface area contributed by atoms with Crippen LogP contribution in [0.2, 0.25) is 5.02 Å². The molecule has 6 heteroatoms. The van der Waals surface area contributed by atoms with Gasteiger partial charge < -0.3 is 9.80 Å². The van der Waals surface area contributed by atoms with Crippen LogP contribution in [-0.4, -0.2) is 35.2 Å². The lowest BCUT2D eigenvalue weighted by Gasteiger charge is -2.26. The van der Waals surface area contributed by atoms with E-state index in [2.05, 4.69) is 0 Å². The molecule has 1 aliphatic heterocycles. The van der Waals surface area contributed by atoms with Crippen molar-refractivity contribution in [1.82, 2.24) is 9.80 Å². The second-order valence-corrected chi connectivity index (χ2v) is 7.34. The maximum atomic E-state index is 14.0. The lowest BCUT2D eigenvalue weighted by atomic mass is 10.1. The number of nitrogens with zero attached hydrogens (tertiary/aromatic N) is 2. The second kappa shape index (κ2) is 8.09. The molecule has 0 radical (unpaired) electrons. The fourth-order valence-corrected chi connectivity index (χ4v) is 3.72. The Labute approximate surface area is 163 Å². The smallest absolute Gasteiger partial charge is 0.228 e. The third kappa shape index (κ3) is 4.14. The van der Waals surface area contributed by atoms with Gasteiger partial charge in [0.05, 0.1) is 12.0 Å². The van der Waals surface area contributed by atoms with Crippen molar-refractivity contribution in [1.29, 1.82) is 0 Å². The van der Waals surface area contributed by atoms with Crippen LogP contribution in [0.1, 0.15) is 30.5 Å². The quantitative estimate of drug-likeness (QED) is 0.775. The summed E-state index contributed by atoms with van der Waals surface area (Å²) in [6.45, 7) is 2.40. The average Bonchev–Trinajstić information content (AvgIpc) is 3.05. The standard InChI is InChI=1S/C21H22ClFN2O2/c1-14(15-7-4-3-5-8-15)25-12-16(11-20(25)26)21(27)24(2)13-17-18(22)9-6-10-19(17)23/h3-10,14,16H,11-13H2,1-2H3. The number of hydrogen-bond acceptors (Lipinski definition) is 2. The molecule has 2 atom stereocenters. The molecule has 1 heterocycles. The first-order chi connectivity index (χ1) is 12.9. The third-order valence-corrected chi connectivity index (χ3v) is 5.44. The fraction of sp³-hybridized carbons (Fsp3) is 0.333. The molecule has 2 aromatic carbocycles. The zero-order chi connectivity index (χ0) is 19.6. The van der Waals surface area contributed by atoms with E-state index < -0.39 is 11.7 Å². The first-order valence-corrected chi connectivity index (χ1v) is 9.28. The van der Waals surface area contributed by atoms with Gasteiger partial charge in [-0.15, -0.1) is 0 Å². The summed E-state index contributed by atoms with van der Waals surface area (Å²) in [6, 6.07) is 14.1. The average molecular weight is 389 g/mol. The van der Waals surface area contributed by atoms with Crippen molar-refractivity contribution in [2.75, 3.05) is 13.6 Å². The highest BCUT2D eigenvalue weighted by Gasteiger charge is 2.38. The Morgan fingerprint density at radius 3 is 2.63 bits per heavy atom. The summed E-state index contributed by atoms with van der Waals surface area (Å²) >= 11 is 6.05. The zero-order valence-electron chi connectivity index (χ0n) is 15.4. The summed E-state index contributed by atoms with van der Waals surface area (Å²) in [5.74, 6) is -1.09. The van der Waals surface area contributed by atoms with Crippen molar-refractivity contribution in [2.45, 2.75) is 25.9 Å². The largest absolute Gasteiger partial charge is 0.341 e. The number of amides is 2. The molecule has 0 aliphatic carbocycles. The lowest BCUT2D eigenvalue weighted by Crippen LogP contribution is -2.35. The van der Waals surface area contributed by atoms with Crippen LogP contribution in [0.25, 0.3) is 0 Å². The number of likely N-dealkylation sites (tertiary alicyclic amines) is 1. The maximum absolute atomic E-state index is 14.0. The zero-order valence-corrected chi connectivity index (χ0v) is 16.1. The third-order valence-electron chi connectivity index (χ3n) is 5.09. The van der Waals surface area contributed by atoms with Crippen molar-refractivity contribution < 1.29 is 14.0 Å². The van der Waals surface area contributed by atoms with Crippen LogP contribution in [0, 0.1) is 11.7 Å². The molecule has 1 saturated heterocycles. The van der Waals surface area contributed by atoms with E-state index in [0.717, 1.165) is 5.56 Å². The predicted octanol–water partition coefficient (Wildman–Crippen LogP) is 4.05. The molecule has 4 nitrogen and oxygen atoms in total. The van der Waals surface area contributed by atoms with E-state index in [1.165, 1.54) is 17.0 Å². The van der Waals surface area contributed by atoms with Crippen LogP contribution in [0.3, 0.4) is 0 Å². The maximum Gasteiger partial charge on any atom is 0.228 e. The molecule has 142 valence electrons. The van der Waals surface area contributed by atoms with Crippen LogP contribution in [0.15, 0.2) is 48.5 Å². The van der Waals surface area contributed by atoms with Crippen molar-refractivity contribution in [3.05, 3.63) is 70.5 Å². The first-order valence-electron chi connectivity index (χ1n) is 8.90. The molecule has 0 spiro atoms. The Balaban J connectivity index is 1.68. The minimum absolute atomic E-state index is 0.0398. The highest BCUT2D eigenvalue weighted by Crippen LogP contribution is 2.30. The van der Waals surface area contributed by atoms with E-state index >= 15 is 0 Å². The Kier molecular flexibility index (Phi) is 5.80. The van der Waals surface area contributed by atoms with Crippen LogP contribution >= 0.6 is 11.6 Å². The summed E-state index contributed by atoms with van der Waals surface area (Å²) in [6.07, 6.45) is 0.172. The van der Waals surface area contributed by atoms with Gasteiger partial charge in [-0.1, -0.05) is 48.0 Å². The number of carbonyl (C=O) groups is 2. The molecule has 2 amide bonds. The molecule has 2 unspecified atom stereocenters. The normalized spacial score (nSPS) is 17.9. The molecule has 2 aromatic rings. The van der Waals surface area contributed by atoms with Gasteiger partial charge in [0.15, 0.2) is 0 Å². The van der Waals surface area contributed by atoms with E-state index in [4.69, 9.17) is 11.6 Å². The minimum atomic E-state index is -0.441. The highest BCUT2D eigenvalue weighted by molar-refractivity contribution is 6.31. The molecule has 0 aromatic heterocycles. The Morgan fingerprint density at radius 1 is 1.26 bits per heavy atom. The molecule has 0 bridgehead atoms. The Morgan fingerprint density at radius 2 is 1.96 bits per heavy atom. The molecule has 1 fully saturated rings. The summed E-state index contributed by atoms with van der Waals surface area (Å²) < 4.78 is 14.0. The molecular weight excluding hydrogens is 367 g/mol. The SMILES string of the molecule is CC(c1ccccc1)N1CC(C(=O)N(C)Cc2c(F)cccc2Cl)CC1=O. The van der Waals surface area contributed by atoms with Crippen molar-refractivity contribution >= 4 is 23.4 Å². The number of halogens is 2. The predicted molar refractivity (Wildman–Crippen MR) is 103 cm³/mol. The number of benzene rings is 2. The van der Waals surface area contributed by atoms with Gasteiger partial charge in [-0.25, -0.2) is 4.39 Å². The van der Waals surface area contributed by atoms with Gasteiger partial charge in [-0.05, 0) is 24.6 Å².